The van der Waals surface area contributed by atoms with E-state index in [1.54, 1.807) is 26.4 Å². The molecule has 0 saturated heterocycles. The molecule has 0 aromatic heterocycles. The van der Waals surface area contributed by atoms with Crippen molar-refractivity contribution in [3.8, 4) is 17.2 Å². The number of carbonyl (C=O) groups is 1. The number of rotatable bonds is 9. The van der Waals surface area contributed by atoms with Gasteiger partial charge in [-0.2, -0.15) is 0 Å². The van der Waals surface area contributed by atoms with E-state index in [9.17, 15) is 4.79 Å². The van der Waals surface area contributed by atoms with E-state index in [2.05, 4.69) is 10.6 Å². The lowest BCUT2D eigenvalue weighted by Crippen LogP contribution is -2.16. The highest BCUT2D eigenvalue weighted by molar-refractivity contribution is 6.32. The maximum Gasteiger partial charge on any atom is 0.226 e. The molecule has 0 spiro atoms. The molecule has 0 atom stereocenters. The first-order valence-corrected chi connectivity index (χ1v) is 9.02. The van der Waals surface area contributed by atoms with Gasteiger partial charge in [-0.3, -0.25) is 4.79 Å². The van der Waals surface area contributed by atoms with E-state index in [4.69, 9.17) is 25.8 Å². The quantitative estimate of drug-likeness (QED) is 0.653. The van der Waals surface area contributed by atoms with Gasteiger partial charge in [-0.05, 0) is 38.1 Å². The molecule has 7 heteroatoms. The first kappa shape index (κ1) is 20.7. The minimum atomic E-state index is -0.0973. The maximum atomic E-state index is 12.1. The Balaban J connectivity index is 1.87. The lowest BCUT2D eigenvalue weighted by Gasteiger charge is -2.14. The number of hydrogen-bond acceptors (Lipinski definition) is 5. The second-order valence-electron chi connectivity index (χ2n) is 6.10. The maximum absolute atomic E-state index is 12.1. The molecule has 0 unspecified atom stereocenters. The summed E-state index contributed by atoms with van der Waals surface area (Å²) in [5.41, 5.74) is 1.43. The molecule has 0 radical (unpaired) electrons. The number of amides is 1. The van der Waals surface area contributed by atoms with Crippen molar-refractivity contribution in [3.05, 3.63) is 41.4 Å². The summed E-state index contributed by atoms with van der Waals surface area (Å²) in [6, 6.07) is 10.7. The van der Waals surface area contributed by atoms with Crippen molar-refractivity contribution in [2.45, 2.75) is 26.4 Å². The van der Waals surface area contributed by atoms with E-state index in [1.165, 1.54) is 0 Å². The summed E-state index contributed by atoms with van der Waals surface area (Å²) < 4.78 is 16.1. The Kier molecular flexibility index (Phi) is 7.61. The van der Waals surface area contributed by atoms with Gasteiger partial charge in [-0.15, -0.1) is 0 Å². The molecule has 27 heavy (non-hydrogen) atoms. The second kappa shape index (κ2) is 9.92. The molecule has 1 amide bonds. The van der Waals surface area contributed by atoms with Gasteiger partial charge in [0.25, 0.3) is 0 Å². The van der Waals surface area contributed by atoms with Crippen LogP contribution >= 0.6 is 11.6 Å². The van der Waals surface area contributed by atoms with Crippen LogP contribution in [0.2, 0.25) is 5.02 Å². The molecule has 2 rings (SSSR count). The SMILES string of the molecule is COc1cc(NCCC(=O)Nc2ccc(OC(C)C)cc2)c(OC)cc1Cl. The highest BCUT2D eigenvalue weighted by Crippen LogP contribution is 2.35. The van der Waals surface area contributed by atoms with Crippen LogP contribution in [0.3, 0.4) is 0 Å². The summed E-state index contributed by atoms with van der Waals surface area (Å²) in [5.74, 6) is 1.79. The third-order valence-electron chi connectivity index (χ3n) is 3.65. The van der Waals surface area contributed by atoms with E-state index in [0.29, 0.717) is 35.2 Å². The van der Waals surface area contributed by atoms with Crippen LogP contribution in [0, 0.1) is 0 Å². The molecule has 0 aliphatic heterocycles. The molecule has 0 bridgehead atoms. The monoisotopic (exact) mass is 392 g/mol. The van der Waals surface area contributed by atoms with Gasteiger partial charge < -0.3 is 24.8 Å². The van der Waals surface area contributed by atoms with Gasteiger partial charge in [-0.1, -0.05) is 11.6 Å². The van der Waals surface area contributed by atoms with Gasteiger partial charge in [0.1, 0.15) is 17.2 Å². The summed E-state index contributed by atoms with van der Waals surface area (Å²) in [7, 11) is 3.10. The van der Waals surface area contributed by atoms with Gasteiger partial charge in [0.05, 0.1) is 31.0 Å². The van der Waals surface area contributed by atoms with E-state index in [1.807, 2.05) is 38.1 Å². The molecule has 0 aliphatic carbocycles. The fourth-order valence-electron chi connectivity index (χ4n) is 2.42. The fourth-order valence-corrected chi connectivity index (χ4v) is 2.65. The van der Waals surface area contributed by atoms with E-state index < -0.39 is 0 Å². The Morgan fingerprint density at radius 2 is 1.74 bits per heavy atom. The summed E-state index contributed by atoms with van der Waals surface area (Å²) in [5, 5.41) is 6.49. The van der Waals surface area contributed by atoms with Gasteiger partial charge >= 0.3 is 0 Å². The van der Waals surface area contributed by atoms with E-state index in [0.717, 1.165) is 11.4 Å². The van der Waals surface area contributed by atoms with E-state index >= 15 is 0 Å². The number of methoxy groups -OCH3 is 2. The van der Waals surface area contributed by atoms with Crippen LogP contribution in [0.25, 0.3) is 0 Å². The Hall–Kier alpha value is -2.60. The van der Waals surface area contributed by atoms with Crippen LogP contribution < -0.4 is 24.8 Å². The minimum Gasteiger partial charge on any atom is -0.495 e. The van der Waals surface area contributed by atoms with Crippen LogP contribution in [0.5, 0.6) is 17.2 Å². The topological polar surface area (TPSA) is 68.8 Å². The van der Waals surface area contributed by atoms with Crippen LogP contribution in [0.4, 0.5) is 11.4 Å². The first-order chi connectivity index (χ1) is 12.9. The highest BCUT2D eigenvalue weighted by Gasteiger charge is 2.10. The average Bonchev–Trinajstić information content (AvgIpc) is 2.63. The summed E-state index contributed by atoms with van der Waals surface area (Å²) in [6.07, 6.45) is 0.401. The first-order valence-electron chi connectivity index (χ1n) is 8.65. The molecule has 2 N–H and O–H groups in total. The molecular formula is C20H25ClN2O4. The van der Waals surface area contributed by atoms with Crippen molar-refractivity contribution in [1.82, 2.24) is 0 Å². The zero-order chi connectivity index (χ0) is 19.8. The normalized spacial score (nSPS) is 10.4. The number of carbonyl (C=O) groups excluding carboxylic acids is 1. The number of hydrogen-bond donors (Lipinski definition) is 2. The molecule has 6 nitrogen and oxygen atoms in total. The molecule has 0 heterocycles. The Labute approximate surface area is 164 Å². The summed E-state index contributed by atoms with van der Waals surface area (Å²) in [4.78, 5) is 12.1. The number of benzene rings is 2. The third-order valence-corrected chi connectivity index (χ3v) is 3.95. The Bertz CT molecular complexity index is 763. The van der Waals surface area contributed by atoms with Crippen molar-refractivity contribution in [2.24, 2.45) is 0 Å². The van der Waals surface area contributed by atoms with Gasteiger partial charge in [0.2, 0.25) is 5.91 Å². The van der Waals surface area contributed by atoms with Gasteiger partial charge in [0, 0.05) is 30.8 Å². The average molecular weight is 393 g/mol. The van der Waals surface area contributed by atoms with Crippen LogP contribution in [-0.2, 0) is 4.79 Å². The smallest absolute Gasteiger partial charge is 0.226 e. The number of nitrogens with one attached hydrogen (secondary N) is 2. The lowest BCUT2D eigenvalue weighted by molar-refractivity contribution is -0.115. The Morgan fingerprint density at radius 1 is 1.07 bits per heavy atom. The molecule has 2 aromatic carbocycles. The number of anilines is 2. The van der Waals surface area contributed by atoms with Crippen molar-refractivity contribution >= 4 is 28.9 Å². The Morgan fingerprint density at radius 3 is 2.33 bits per heavy atom. The summed E-state index contributed by atoms with van der Waals surface area (Å²) >= 11 is 6.09. The van der Waals surface area contributed by atoms with Crippen LogP contribution in [-0.4, -0.2) is 32.8 Å². The van der Waals surface area contributed by atoms with Crippen molar-refractivity contribution < 1.29 is 19.0 Å². The van der Waals surface area contributed by atoms with Crippen molar-refractivity contribution in [2.75, 3.05) is 31.4 Å². The number of ether oxygens (including phenoxy) is 3. The second-order valence-corrected chi connectivity index (χ2v) is 6.51. The zero-order valence-corrected chi connectivity index (χ0v) is 16.7. The molecule has 0 fully saturated rings. The van der Waals surface area contributed by atoms with Gasteiger partial charge in [-0.25, -0.2) is 0 Å². The number of halogens is 1. The van der Waals surface area contributed by atoms with Crippen LogP contribution in [0.15, 0.2) is 36.4 Å². The molecule has 2 aromatic rings. The molecule has 0 saturated carbocycles. The van der Waals surface area contributed by atoms with Gasteiger partial charge in [0.15, 0.2) is 0 Å². The predicted molar refractivity (Wildman–Crippen MR) is 108 cm³/mol. The predicted octanol–water partition coefficient (Wildman–Crippen LogP) is 4.59. The van der Waals surface area contributed by atoms with Crippen molar-refractivity contribution in [3.63, 3.8) is 0 Å². The van der Waals surface area contributed by atoms with Crippen LogP contribution in [0.1, 0.15) is 20.3 Å². The third kappa shape index (κ3) is 6.25. The lowest BCUT2D eigenvalue weighted by atomic mass is 10.2. The van der Waals surface area contributed by atoms with E-state index in [-0.39, 0.29) is 12.0 Å². The minimum absolute atomic E-state index is 0.0973. The molecular weight excluding hydrogens is 368 g/mol. The standard InChI is InChI=1S/C20H25ClN2O4/c1-13(2)27-15-7-5-14(6-8-15)23-20(24)9-10-22-17-12-18(25-3)16(21)11-19(17)26-4/h5-8,11-13,22H,9-10H2,1-4H3,(H,23,24). The largest absolute Gasteiger partial charge is 0.495 e. The van der Waals surface area contributed by atoms with Crippen molar-refractivity contribution in [1.29, 1.82) is 0 Å². The fraction of sp³-hybridized carbons (Fsp3) is 0.350. The highest BCUT2D eigenvalue weighted by atomic mass is 35.5. The molecule has 146 valence electrons. The summed E-state index contributed by atoms with van der Waals surface area (Å²) in [6.45, 7) is 4.36. The zero-order valence-electron chi connectivity index (χ0n) is 16.0. The molecule has 0 aliphatic rings.